The highest BCUT2D eigenvalue weighted by molar-refractivity contribution is 4.64. The van der Waals surface area contributed by atoms with Gasteiger partial charge >= 0.3 is 0 Å². The monoisotopic (exact) mass is 176 g/mol. The minimum Gasteiger partial charge on any atom is -0.395 e. The molecule has 0 aromatic carbocycles. The molecule has 0 spiro atoms. The molecule has 0 saturated heterocycles. The first-order valence-corrected chi connectivity index (χ1v) is 4.18. The third-order valence-electron chi connectivity index (χ3n) is 1.58. The van der Waals surface area contributed by atoms with E-state index in [0.717, 1.165) is 13.1 Å². The molecular formula is C8H20N2O2. The summed E-state index contributed by atoms with van der Waals surface area (Å²) in [5.41, 5.74) is 0. The molecule has 0 aliphatic heterocycles. The van der Waals surface area contributed by atoms with Crippen molar-refractivity contribution < 1.29 is 9.84 Å². The number of hydrogen-bond acceptors (Lipinski definition) is 4. The van der Waals surface area contributed by atoms with Crippen molar-refractivity contribution in [2.45, 2.75) is 6.04 Å². The number of rotatable bonds is 7. The van der Waals surface area contributed by atoms with Crippen LogP contribution in [0.2, 0.25) is 0 Å². The SMILES string of the molecule is COCC(CO)NCCN(C)C. The molecule has 2 N–H and O–H groups in total. The van der Waals surface area contributed by atoms with Gasteiger partial charge in [-0.2, -0.15) is 0 Å². The Balaban J connectivity index is 3.31. The fourth-order valence-corrected chi connectivity index (χ4v) is 0.870. The molecule has 1 unspecified atom stereocenters. The van der Waals surface area contributed by atoms with E-state index < -0.39 is 0 Å². The van der Waals surface area contributed by atoms with Crippen LogP contribution >= 0.6 is 0 Å². The van der Waals surface area contributed by atoms with Gasteiger partial charge in [0, 0.05) is 20.2 Å². The molecule has 4 heteroatoms. The Morgan fingerprint density at radius 1 is 1.50 bits per heavy atom. The zero-order chi connectivity index (χ0) is 9.40. The summed E-state index contributed by atoms with van der Waals surface area (Å²) in [6, 6.07) is 0.0648. The van der Waals surface area contributed by atoms with E-state index in [1.807, 2.05) is 14.1 Å². The quantitative estimate of drug-likeness (QED) is 0.530. The molecule has 0 rings (SSSR count). The molecule has 4 nitrogen and oxygen atoms in total. The van der Waals surface area contributed by atoms with Gasteiger partial charge in [-0.1, -0.05) is 0 Å². The summed E-state index contributed by atoms with van der Waals surface area (Å²) >= 11 is 0. The van der Waals surface area contributed by atoms with Crippen molar-refractivity contribution in [1.82, 2.24) is 10.2 Å². The van der Waals surface area contributed by atoms with Crippen LogP contribution in [0.1, 0.15) is 0 Å². The predicted molar refractivity (Wildman–Crippen MR) is 49.3 cm³/mol. The van der Waals surface area contributed by atoms with E-state index in [4.69, 9.17) is 9.84 Å². The summed E-state index contributed by atoms with van der Waals surface area (Å²) < 4.78 is 4.92. The van der Waals surface area contributed by atoms with Crippen LogP contribution in [0, 0.1) is 0 Å². The number of likely N-dealkylation sites (N-methyl/N-ethyl adjacent to an activating group) is 1. The zero-order valence-corrected chi connectivity index (χ0v) is 8.21. The number of methoxy groups -OCH3 is 1. The van der Waals surface area contributed by atoms with Gasteiger partial charge < -0.3 is 20.1 Å². The first-order chi connectivity index (χ1) is 5.70. The lowest BCUT2D eigenvalue weighted by molar-refractivity contribution is 0.127. The smallest absolute Gasteiger partial charge is 0.0638 e. The van der Waals surface area contributed by atoms with Crippen LogP contribution in [-0.4, -0.2) is 63.6 Å². The molecule has 0 radical (unpaired) electrons. The molecule has 74 valence electrons. The Labute approximate surface area is 74.5 Å². The summed E-state index contributed by atoms with van der Waals surface area (Å²) in [5, 5.41) is 12.1. The Bertz CT molecular complexity index is 99.1. The summed E-state index contributed by atoms with van der Waals surface area (Å²) in [5.74, 6) is 0. The lowest BCUT2D eigenvalue weighted by atomic mass is 10.3. The first kappa shape index (κ1) is 11.8. The fourth-order valence-electron chi connectivity index (χ4n) is 0.870. The molecule has 0 fully saturated rings. The maximum absolute atomic E-state index is 8.87. The molecule has 0 bridgehead atoms. The summed E-state index contributed by atoms with van der Waals surface area (Å²) in [4.78, 5) is 2.09. The van der Waals surface area contributed by atoms with Crippen molar-refractivity contribution in [1.29, 1.82) is 0 Å². The van der Waals surface area contributed by atoms with Crippen LogP contribution in [0.3, 0.4) is 0 Å². The molecule has 0 heterocycles. The molecule has 0 saturated carbocycles. The average Bonchev–Trinajstić information content (AvgIpc) is 2.02. The number of aliphatic hydroxyl groups is 1. The van der Waals surface area contributed by atoms with Crippen LogP contribution in [0.25, 0.3) is 0 Å². The second-order valence-electron chi connectivity index (χ2n) is 3.09. The molecule has 0 aliphatic rings. The summed E-state index contributed by atoms with van der Waals surface area (Å²) in [6.45, 7) is 2.53. The second kappa shape index (κ2) is 7.49. The fraction of sp³-hybridized carbons (Fsp3) is 1.00. The Morgan fingerprint density at radius 3 is 2.58 bits per heavy atom. The number of nitrogens with zero attached hydrogens (tertiary/aromatic N) is 1. The largest absolute Gasteiger partial charge is 0.395 e. The van der Waals surface area contributed by atoms with Crippen LogP contribution in [0.4, 0.5) is 0 Å². The van der Waals surface area contributed by atoms with Gasteiger partial charge in [0.05, 0.1) is 19.3 Å². The van der Waals surface area contributed by atoms with Gasteiger partial charge in [0.15, 0.2) is 0 Å². The normalized spacial score (nSPS) is 13.8. The van der Waals surface area contributed by atoms with Crippen molar-refractivity contribution in [2.24, 2.45) is 0 Å². The molecule has 0 aromatic heterocycles. The van der Waals surface area contributed by atoms with Crippen LogP contribution in [0.5, 0.6) is 0 Å². The van der Waals surface area contributed by atoms with Gasteiger partial charge in [-0.05, 0) is 14.1 Å². The van der Waals surface area contributed by atoms with Crippen LogP contribution in [-0.2, 0) is 4.74 Å². The highest BCUT2D eigenvalue weighted by Crippen LogP contribution is 1.82. The maximum atomic E-state index is 8.87. The van der Waals surface area contributed by atoms with Crippen molar-refractivity contribution in [3.63, 3.8) is 0 Å². The van der Waals surface area contributed by atoms with E-state index >= 15 is 0 Å². The van der Waals surface area contributed by atoms with Crippen molar-refractivity contribution in [3.8, 4) is 0 Å². The van der Waals surface area contributed by atoms with Gasteiger partial charge in [0.1, 0.15) is 0 Å². The molecule has 0 aromatic rings. The van der Waals surface area contributed by atoms with Crippen LogP contribution < -0.4 is 5.32 Å². The number of nitrogens with one attached hydrogen (secondary N) is 1. The van der Waals surface area contributed by atoms with Gasteiger partial charge in [0.2, 0.25) is 0 Å². The first-order valence-electron chi connectivity index (χ1n) is 4.18. The van der Waals surface area contributed by atoms with Crippen LogP contribution in [0.15, 0.2) is 0 Å². The molecular weight excluding hydrogens is 156 g/mol. The number of aliphatic hydroxyl groups excluding tert-OH is 1. The lowest BCUT2D eigenvalue weighted by Gasteiger charge is -2.16. The van der Waals surface area contributed by atoms with E-state index in [1.165, 1.54) is 0 Å². The molecule has 1 atom stereocenters. The number of ether oxygens (including phenoxy) is 1. The lowest BCUT2D eigenvalue weighted by Crippen LogP contribution is -2.40. The average molecular weight is 176 g/mol. The van der Waals surface area contributed by atoms with Gasteiger partial charge in [-0.15, -0.1) is 0 Å². The Kier molecular flexibility index (Phi) is 7.39. The minimum atomic E-state index is 0.0648. The zero-order valence-electron chi connectivity index (χ0n) is 8.21. The van der Waals surface area contributed by atoms with E-state index in [9.17, 15) is 0 Å². The molecule has 12 heavy (non-hydrogen) atoms. The van der Waals surface area contributed by atoms with E-state index in [2.05, 4.69) is 10.2 Å². The topological polar surface area (TPSA) is 44.7 Å². The van der Waals surface area contributed by atoms with Crippen molar-refractivity contribution in [2.75, 3.05) is 47.5 Å². The Hall–Kier alpha value is -0.160. The van der Waals surface area contributed by atoms with Crippen molar-refractivity contribution in [3.05, 3.63) is 0 Å². The third kappa shape index (κ3) is 6.54. The summed E-state index contributed by atoms with van der Waals surface area (Å²) in [6.07, 6.45) is 0. The highest BCUT2D eigenvalue weighted by Gasteiger charge is 2.04. The highest BCUT2D eigenvalue weighted by atomic mass is 16.5. The van der Waals surface area contributed by atoms with Gasteiger partial charge in [0.25, 0.3) is 0 Å². The van der Waals surface area contributed by atoms with E-state index in [0.29, 0.717) is 6.61 Å². The maximum Gasteiger partial charge on any atom is 0.0638 e. The van der Waals surface area contributed by atoms with Gasteiger partial charge in [-0.25, -0.2) is 0 Å². The minimum absolute atomic E-state index is 0.0648. The molecule has 0 amide bonds. The van der Waals surface area contributed by atoms with E-state index in [-0.39, 0.29) is 12.6 Å². The number of hydrogen-bond donors (Lipinski definition) is 2. The standard InChI is InChI=1S/C8H20N2O2/c1-10(2)5-4-9-8(6-11)7-12-3/h8-9,11H,4-7H2,1-3H3. The summed E-state index contributed by atoms with van der Waals surface area (Å²) in [7, 11) is 5.67. The van der Waals surface area contributed by atoms with Crippen molar-refractivity contribution >= 4 is 0 Å². The predicted octanol–water partition coefficient (Wildman–Crippen LogP) is -0.855. The molecule has 0 aliphatic carbocycles. The Morgan fingerprint density at radius 2 is 2.17 bits per heavy atom. The van der Waals surface area contributed by atoms with E-state index in [1.54, 1.807) is 7.11 Å². The third-order valence-corrected chi connectivity index (χ3v) is 1.58. The van der Waals surface area contributed by atoms with Gasteiger partial charge in [-0.3, -0.25) is 0 Å². The second-order valence-corrected chi connectivity index (χ2v) is 3.09.